The summed E-state index contributed by atoms with van der Waals surface area (Å²) in [6.07, 6.45) is 2.33. The molecule has 1 aromatic rings. The number of carbonyl (C=O) groups is 1. The van der Waals surface area contributed by atoms with Gasteiger partial charge in [0.15, 0.2) is 4.67 Å². The smallest absolute Gasteiger partial charge is 0.317 e. The third kappa shape index (κ3) is 1.21. The van der Waals surface area contributed by atoms with Crippen molar-refractivity contribution in [1.82, 2.24) is 0 Å². The van der Waals surface area contributed by atoms with Crippen molar-refractivity contribution in [1.29, 1.82) is 0 Å². The average Bonchev–Trinajstić information content (AvgIpc) is 2.27. The molecular weight excluding hydrogens is 248 g/mol. The van der Waals surface area contributed by atoms with Crippen molar-refractivity contribution >= 4 is 21.9 Å². The minimum atomic E-state index is -0.770. The van der Waals surface area contributed by atoms with Crippen LogP contribution >= 0.6 is 15.9 Å². The van der Waals surface area contributed by atoms with Crippen molar-refractivity contribution in [3.63, 3.8) is 0 Å². The number of halogens is 1. The van der Waals surface area contributed by atoms with Crippen LogP contribution in [0.2, 0.25) is 0 Å². The fourth-order valence-electron chi connectivity index (χ4n) is 1.99. The van der Waals surface area contributed by atoms with Gasteiger partial charge in [-0.05, 0) is 47.3 Å². The van der Waals surface area contributed by atoms with E-state index in [0.29, 0.717) is 23.3 Å². The number of carboxylic acid groups (broad SMARTS) is 1. The molecule has 1 N–H and O–H groups in total. The summed E-state index contributed by atoms with van der Waals surface area (Å²) in [5.74, 6) is -0.156. The Morgan fingerprint density at radius 2 is 2.29 bits per heavy atom. The molecule has 0 aliphatic heterocycles. The van der Waals surface area contributed by atoms with Gasteiger partial charge < -0.3 is 9.52 Å². The lowest BCUT2D eigenvalue weighted by Gasteiger charge is -2.36. The van der Waals surface area contributed by atoms with Crippen molar-refractivity contribution in [2.75, 3.05) is 0 Å². The summed E-state index contributed by atoms with van der Waals surface area (Å²) in [5, 5.41) is 9.20. The molecule has 0 amide bonds. The first-order chi connectivity index (χ1) is 6.56. The van der Waals surface area contributed by atoms with E-state index in [1.165, 1.54) is 0 Å². The Morgan fingerprint density at radius 3 is 2.57 bits per heavy atom. The SMILES string of the molecule is Cc1cc(Br)oc1C1(C(=O)O)CCC1. The highest BCUT2D eigenvalue weighted by Gasteiger charge is 2.49. The first-order valence-corrected chi connectivity index (χ1v) is 5.35. The van der Waals surface area contributed by atoms with E-state index in [2.05, 4.69) is 15.9 Å². The van der Waals surface area contributed by atoms with E-state index in [9.17, 15) is 9.90 Å². The Bertz CT molecular complexity index is 377. The molecule has 2 rings (SSSR count). The van der Waals surface area contributed by atoms with E-state index < -0.39 is 11.4 Å². The molecular formula is C10H11BrO3. The van der Waals surface area contributed by atoms with Gasteiger partial charge in [0.2, 0.25) is 0 Å². The Labute approximate surface area is 90.2 Å². The second-order valence-corrected chi connectivity index (χ2v) is 4.59. The van der Waals surface area contributed by atoms with Crippen LogP contribution in [0.1, 0.15) is 30.6 Å². The lowest BCUT2D eigenvalue weighted by Crippen LogP contribution is -2.42. The van der Waals surface area contributed by atoms with Crippen molar-refractivity contribution in [3.05, 3.63) is 22.1 Å². The van der Waals surface area contributed by atoms with E-state index in [-0.39, 0.29) is 0 Å². The maximum absolute atomic E-state index is 11.2. The quantitative estimate of drug-likeness (QED) is 0.888. The first-order valence-electron chi connectivity index (χ1n) is 4.56. The van der Waals surface area contributed by atoms with Crippen molar-refractivity contribution in [2.45, 2.75) is 31.6 Å². The predicted octanol–water partition coefficient (Wildman–Crippen LogP) is 2.86. The van der Waals surface area contributed by atoms with Gasteiger partial charge in [-0.3, -0.25) is 4.79 Å². The molecule has 14 heavy (non-hydrogen) atoms. The van der Waals surface area contributed by atoms with Crippen LogP contribution < -0.4 is 0 Å². The van der Waals surface area contributed by atoms with Crippen LogP contribution in [-0.2, 0) is 10.2 Å². The van der Waals surface area contributed by atoms with Gasteiger partial charge in [0, 0.05) is 0 Å². The van der Waals surface area contributed by atoms with Gasteiger partial charge in [-0.25, -0.2) is 0 Å². The van der Waals surface area contributed by atoms with Crippen LogP contribution in [0.3, 0.4) is 0 Å². The summed E-state index contributed by atoms with van der Waals surface area (Å²) in [6.45, 7) is 1.88. The number of hydrogen-bond donors (Lipinski definition) is 1. The molecule has 1 aliphatic carbocycles. The molecule has 76 valence electrons. The van der Waals surface area contributed by atoms with Gasteiger partial charge in [-0.1, -0.05) is 6.42 Å². The first kappa shape index (κ1) is 9.77. The second kappa shape index (κ2) is 3.12. The minimum Gasteiger partial charge on any atom is -0.480 e. The summed E-state index contributed by atoms with van der Waals surface area (Å²) in [7, 11) is 0. The predicted molar refractivity (Wildman–Crippen MR) is 54.3 cm³/mol. The molecule has 0 saturated heterocycles. The highest BCUT2D eigenvalue weighted by Crippen LogP contribution is 2.46. The zero-order chi connectivity index (χ0) is 10.3. The summed E-state index contributed by atoms with van der Waals surface area (Å²) >= 11 is 3.22. The van der Waals surface area contributed by atoms with E-state index in [4.69, 9.17) is 4.42 Å². The number of aliphatic carboxylic acids is 1. The van der Waals surface area contributed by atoms with E-state index in [0.717, 1.165) is 12.0 Å². The van der Waals surface area contributed by atoms with Crippen molar-refractivity contribution in [2.24, 2.45) is 0 Å². The molecule has 0 spiro atoms. The summed E-state index contributed by atoms with van der Waals surface area (Å²) in [5.41, 5.74) is 0.162. The number of hydrogen-bond acceptors (Lipinski definition) is 2. The molecule has 1 aliphatic rings. The van der Waals surface area contributed by atoms with Gasteiger partial charge in [-0.2, -0.15) is 0 Å². The number of aryl methyl sites for hydroxylation is 1. The molecule has 0 bridgehead atoms. The van der Waals surface area contributed by atoms with Crippen LogP contribution in [0.4, 0.5) is 0 Å². The second-order valence-electron chi connectivity index (χ2n) is 3.80. The average molecular weight is 259 g/mol. The van der Waals surface area contributed by atoms with Crippen LogP contribution in [0, 0.1) is 6.92 Å². The number of carboxylic acids is 1. The normalized spacial score (nSPS) is 19.0. The third-order valence-corrected chi connectivity index (χ3v) is 3.33. The molecule has 0 unspecified atom stereocenters. The zero-order valence-corrected chi connectivity index (χ0v) is 9.43. The number of rotatable bonds is 2. The number of furan rings is 1. The largest absolute Gasteiger partial charge is 0.480 e. The Balaban J connectivity index is 2.46. The standard InChI is InChI=1S/C10H11BrO3/c1-6-5-7(11)14-8(6)10(9(12)13)3-2-4-10/h5H,2-4H2,1H3,(H,12,13). The van der Waals surface area contributed by atoms with E-state index in [1.54, 1.807) is 0 Å². The van der Waals surface area contributed by atoms with Crippen LogP contribution in [0.25, 0.3) is 0 Å². The highest BCUT2D eigenvalue weighted by atomic mass is 79.9. The van der Waals surface area contributed by atoms with E-state index >= 15 is 0 Å². The maximum atomic E-state index is 11.2. The highest BCUT2D eigenvalue weighted by molar-refractivity contribution is 9.10. The van der Waals surface area contributed by atoms with Gasteiger partial charge in [0.1, 0.15) is 11.2 Å². The topological polar surface area (TPSA) is 50.4 Å². The molecule has 3 nitrogen and oxygen atoms in total. The summed E-state index contributed by atoms with van der Waals surface area (Å²) < 4.78 is 6.03. The molecule has 0 radical (unpaired) electrons. The monoisotopic (exact) mass is 258 g/mol. The van der Waals surface area contributed by atoms with Gasteiger partial charge >= 0.3 is 5.97 Å². The summed E-state index contributed by atoms with van der Waals surface area (Å²) in [4.78, 5) is 11.2. The Hall–Kier alpha value is -0.770. The van der Waals surface area contributed by atoms with Crippen LogP contribution in [0.15, 0.2) is 15.2 Å². The molecule has 1 aromatic heterocycles. The fourth-order valence-corrected chi connectivity index (χ4v) is 2.49. The van der Waals surface area contributed by atoms with E-state index in [1.807, 2.05) is 13.0 Å². The van der Waals surface area contributed by atoms with Crippen molar-refractivity contribution < 1.29 is 14.3 Å². The fraction of sp³-hybridized carbons (Fsp3) is 0.500. The molecule has 1 saturated carbocycles. The zero-order valence-electron chi connectivity index (χ0n) is 7.84. The van der Waals surface area contributed by atoms with Gasteiger partial charge in [0.05, 0.1) is 0 Å². The maximum Gasteiger partial charge on any atom is 0.317 e. The Kier molecular flexibility index (Phi) is 2.18. The molecule has 1 fully saturated rings. The molecule has 4 heteroatoms. The van der Waals surface area contributed by atoms with Gasteiger partial charge in [0.25, 0.3) is 0 Å². The third-order valence-electron chi connectivity index (χ3n) is 2.94. The molecule has 0 atom stereocenters. The lowest BCUT2D eigenvalue weighted by atomic mass is 9.66. The molecule has 0 aromatic carbocycles. The van der Waals surface area contributed by atoms with Crippen LogP contribution in [-0.4, -0.2) is 11.1 Å². The minimum absolute atomic E-state index is 0.609. The van der Waals surface area contributed by atoms with Gasteiger partial charge in [-0.15, -0.1) is 0 Å². The van der Waals surface area contributed by atoms with Crippen molar-refractivity contribution in [3.8, 4) is 0 Å². The Morgan fingerprint density at radius 1 is 1.64 bits per heavy atom. The molecule has 1 heterocycles. The summed E-state index contributed by atoms with van der Waals surface area (Å²) in [6, 6.07) is 1.82. The van der Waals surface area contributed by atoms with Crippen LogP contribution in [0.5, 0.6) is 0 Å². The lowest BCUT2D eigenvalue weighted by molar-refractivity contribution is -0.148.